The molecule has 5 heteroatoms. The second kappa shape index (κ2) is 4.77. The van der Waals surface area contributed by atoms with E-state index in [4.69, 9.17) is 0 Å². The van der Waals surface area contributed by atoms with Gasteiger partial charge in [0.2, 0.25) is 0 Å². The fourth-order valence-corrected chi connectivity index (χ4v) is 4.72. The van der Waals surface area contributed by atoms with Gasteiger partial charge in [-0.25, -0.2) is 8.42 Å². The molecule has 1 atom stereocenters. The highest BCUT2D eigenvalue weighted by atomic mass is 79.9. The van der Waals surface area contributed by atoms with E-state index in [0.29, 0.717) is 0 Å². The number of hydrogen-bond donors (Lipinski definition) is 0. The Kier molecular flexibility index (Phi) is 4.15. The Balaban J connectivity index is 2.74. The molecule has 0 saturated carbocycles. The first-order valence-corrected chi connectivity index (χ1v) is 8.12. The summed E-state index contributed by atoms with van der Waals surface area (Å²) in [6.45, 7) is 2.09. The van der Waals surface area contributed by atoms with Crippen LogP contribution in [0.25, 0.3) is 0 Å². The maximum Gasteiger partial charge on any atom is 0.148 e. The minimum Gasteiger partial charge on any atom is -0.229 e. The van der Waals surface area contributed by atoms with Crippen molar-refractivity contribution in [2.24, 2.45) is 0 Å². The van der Waals surface area contributed by atoms with Gasteiger partial charge >= 0.3 is 0 Å². The molecular weight excluding hydrogens is 284 g/mol. The largest absolute Gasteiger partial charge is 0.229 e. The SMILES string of the molecule is CCc1ccc(C(Br)CS(C)(=O)=O)s1. The molecule has 1 aromatic heterocycles. The topological polar surface area (TPSA) is 34.1 Å². The molecule has 1 heterocycles. The summed E-state index contributed by atoms with van der Waals surface area (Å²) in [4.78, 5) is 2.31. The van der Waals surface area contributed by atoms with Crippen LogP contribution in [-0.2, 0) is 16.3 Å². The van der Waals surface area contributed by atoms with Crippen LogP contribution in [0.3, 0.4) is 0 Å². The lowest BCUT2D eigenvalue weighted by Gasteiger charge is -2.04. The number of thiophene rings is 1. The number of sulfone groups is 1. The zero-order valence-electron chi connectivity index (χ0n) is 8.16. The molecule has 14 heavy (non-hydrogen) atoms. The van der Waals surface area contributed by atoms with Crippen molar-refractivity contribution < 1.29 is 8.42 Å². The van der Waals surface area contributed by atoms with Crippen molar-refractivity contribution in [3.05, 3.63) is 21.9 Å². The van der Waals surface area contributed by atoms with E-state index in [1.54, 1.807) is 11.3 Å². The average Bonchev–Trinajstić information content (AvgIpc) is 2.48. The lowest BCUT2D eigenvalue weighted by atomic mass is 10.3. The van der Waals surface area contributed by atoms with Crippen molar-refractivity contribution in [1.29, 1.82) is 0 Å². The normalized spacial score (nSPS) is 14.2. The lowest BCUT2D eigenvalue weighted by Crippen LogP contribution is -2.07. The Morgan fingerprint density at radius 3 is 2.57 bits per heavy atom. The van der Waals surface area contributed by atoms with E-state index in [9.17, 15) is 8.42 Å². The van der Waals surface area contributed by atoms with Crippen molar-refractivity contribution in [2.45, 2.75) is 18.2 Å². The number of hydrogen-bond acceptors (Lipinski definition) is 3. The van der Waals surface area contributed by atoms with E-state index >= 15 is 0 Å². The first kappa shape index (κ1) is 12.2. The van der Waals surface area contributed by atoms with Crippen LogP contribution in [0.2, 0.25) is 0 Å². The van der Waals surface area contributed by atoms with Gasteiger partial charge in [-0.15, -0.1) is 11.3 Å². The van der Waals surface area contributed by atoms with Gasteiger partial charge < -0.3 is 0 Å². The molecule has 0 saturated heterocycles. The third kappa shape index (κ3) is 3.71. The Hall–Kier alpha value is 0.130. The highest BCUT2D eigenvalue weighted by molar-refractivity contribution is 9.09. The molecular formula is C9H13BrO2S2. The van der Waals surface area contributed by atoms with Crippen LogP contribution in [0.1, 0.15) is 21.5 Å². The third-order valence-corrected chi connectivity index (χ3v) is 5.62. The van der Waals surface area contributed by atoms with E-state index in [-0.39, 0.29) is 10.6 Å². The van der Waals surface area contributed by atoms with Crippen LogP contribution in [0.15, 0.2) is 12.1 Å². The Morgan fingerprint density at radius 2 is 2.14 bits per heavy atom. The monoisotopic (exact) mass is 296 g/mol. The summed E-state index contributed by atoms with van der Waals surface area (Å²) in [7, 11) is -2.91. The predicted octanol–water partition coefficient (Wildman–Crippen LogP) is 2.79. The standard InChI is InChI=1S/C9H13BrO2S2/c1-3-7-4-5-9(13-7)8(10)6-14(2,11)12/h4-5,8H,3,6H2,1-2H3. The Morgan fingerprint density at radius 1 is 1.50 bits per heavy atom. The fraction of sp³-hybridized carbons (Fsp3) is 0.556. The molecule has 0 bridgehead atoms. The van der Waals surface area contributed by atoms with Gasteiger partial charge in [-0.1, -0.05) is 22.9 Å². The van der Waals surface area contributed by atoms with Gasteiger partial charge in [0.15, 0.2) is 0 Å². The first-order valence-electron chi connectivity index (χ1n) is 4.32. The number of alkyl halides is 1. The average molecular weight is 297 g/mol. The molecule has 0 amide bonds. The highest BCUT2D eigenvalue weighted by Gasteiger charge is 2.15. The van der Waals surface area contributed by atoms with Gasteiger partial charge in [0.05, 0.1) is 10.6 Å². The van der Waals surface area contributed by atoms with Crippen LogP contribution < -0.4 is 0 Å². The molecule has 0 spiro atoms. The molecule has 80 valence electrons. The van der Waals surface area contributed by atoms with Crippen molar-refractivity contribution in [3.63, 3.8) is 0 Å². The summed E-state index contributed by atoms with van der Waals surface area (Å²) in [5, 5.41) is 0. The summed E-state index contributed by atoms with van der Waals surface area (Å²) >= 11 is 5.07. The van der Waals surface area contributed by atoms with Crippen molar-refractivity contribution in [3.8, 4) is 0 Å². The molecule has 2 nitrogen and oxygen atoms in total. The molecule has 0 aliphatic carbocycles. The molecule has 1 rings (SSSR count). The maximum absolute atomic E-state index is 11.1. The number of halogens is 1. The van der Waals surface area contributed by atoms with Gasteiger partial charge in [-0.2, -0.15) is 0 Å². The summed E-state index contributed by atoms with van der Waals surface area (Å²) in [6, 6.07) is 4.05. The van der Waals surface area contributed by atoms with Gasteiger partial charge in [-0.05, 0) is 18.6 Å². The van der Waals surface area contributed by atoms with Crippen LogP contribution in [-0.4, -0.2) is 20.4 Å². The Bertz CT molecular complexity index is 395. The van der Waals surface area contributed by atoms with E-state index in [2.05, 4.69) is 28.9 Å². The summed E-state index contributed by atoms with van der Waals surface area (Å²) in [6.07, 6.45) is 2.26. The smallest absolute Gasteiger partial charge is 0.148 e. The van der Waals surface area contributed by atoms with E-state index in [1.165, 1.54) is 11.1 Å². The lowest BCUT2D eigenvalue weighted by molar-refractivity contribution is 0.601. The zero-order chi connectivity index (χ0) is 10.8. The minimum atomic E-state index is -2.91. The van der Waals surface area contributed by atoms with Gasteiger partial charge in [-0.3, -0.25) is 0 Å². The molecule has 0 aliphatic rings. The molecule has 0 aromatic carbocycles. The molecule has 0 fully saturated rings. The summed E-state index contributed by atoms with van der Waals surface area (Å²) in [5.41, 5.74) is 0. The van der Waals surface area contributed by atoms with E-state index in [0.717, 1.165) is 11.3 Å². The first-order chi connectivity index (χ1) is 6.42. The van der Waals surface area contributed by atoms with Gasteiger partial charge in [0.25, 0.3) is 0 Å². The second-order valence-electron chi connectivity index (χ2n) is 3.22. The molecule has 1 unspecified atom stereocenters. The van der Waals surface area contributed by atoms with Crippen molar-refractivity contribution in [1.82, 2.24) is 0 Å². The van der Waals surface area contributed by atoms with Crippen LogP contribution >= 0.6 is 27.3 Å². The maximum atomic E-state index is 11.1. The number of rotatable bonds is 4. The van der Waals surface area contributed by atoms with Gasteiger partial charge in [0.1, 0.15) is 9.84 Å². The van der Waals surface area contributed by atoms with Gasteiger partial charge in [0, 0.05) is 16.0 Å². The fourth-order valence-electron chi connectivity index (χ4n) is 1.10. The van der Waals surface area contributed by atoms with E-state index < -0.39 is 9.84 Å². The summed E-state index contributed by atoms with van der Waals surface area (Å²) in [5.74, 6) is 0.163. The van der Waals surface area contributed by atoms with Crippen LogP contribution in [0.4, 0.5) is 0 Å². The molecule has 1 aromatic rings. The van der Waals surface area contributed by atoms with Crippen LogP contribution in [0.5, 0.6) is 0 Å². The third-order valence-electron chi connectivity index (χ3n) is 1.79. The van der Waals surface area contributed by atoms with Crippen molar-refractivity contribution in [2.75, 3.05) is 12.0 Å². The number of aryl methyl sites for hydroxylation is 1. The Labute approximate surface area is 97.4 Å². The zero-order valence-corrected chi connectivity index (χ0v) is 11.4. The predicted molar refractivity (Wildman–Crippen MR) is 65.1 cm³/mol. The highest BCUT2D eigenvalue weighted by Crippen LogP contribution is 2.30. The molecule has 0 N–H and O–H groups in total. The minimum absolute atomic E-state index is 0.0669. The second-order valence-corrected chi connectivity index (χ2v) is 7.71. The summed E-state index contributed by atoms with van der Waals surface area (Å²) < 4.78 is 22.1. The van der Waals surface area contributed by atoms with E-state index in [1.807, 2.05) is 6.07 Å². The molecule has 0 radical (unpaired) electrons. The molecule has 0 aliphatic heterocycles. The van der Waals surface area contributed by atoms with Crippen molar-refractivity contribution >= 4 is 37.1 Å². The van der Waals surface area contributed by atoms with Crippen LogP contribution in [0, 0.1) is 0 Å². The quantitative estimate of drug-likeness (QED) is 0.801.